The molecular formula is C38H32N10O2. The predicted molar refractivity (Wildman–Crippen MR) is 200 cm³/mol. The molecule has 12 nitrogen and oxygen atoms in total. The summed E-state index contributed by atoms with van der Waals surface area (Å²) in [5.41, 5.74) is 18.1. The van der Waals surface area contributed by atoms with Gasteiger partial charge in [-0.3, -0.25) is 32.5 Å². The van der Waals surface area contributed by atoms with Crippen LogP contribution in [0.2, 0.25) is 0 Å². The van der Waals surface area contributed by atoms with Crippen molar-refractivity contribution in [2.45, 2.75) is 12.2 Å². The molecule has 6 N–H and O–H groups in total. The van der Waals surface area contributed by atoms with Gasteiger partial charge in [-0.25, -0.2) is 0 Å². The minimum atomic E-state index is -0.716. The molecule has 5 aromatic carbocycles. The zero-order chi connectivity index (χ0) is 34.1. The first kappa shape index (κ1) is 31.5. The van der Waals surface area contributed by atoms with E-state index in [0.29, 0.717) is 11.4 Å². The van der Waals surface area contributed by atoms with Gasteiger partial charge in [0, 0.05) is 0 Å². The van der Waals surface area contributed by atoms with Gasteiger partial charge in [-0.1, -0.05) is 97.1 Å². The van der Waals surface area contributed by atoms with Gasteiger partial charge in [-0.05, 0) is 59.7 Å². The molecule has 5 aromatic rings. The van der Waals surface area contributed by atoms with Crippen LogP contribution < -0.4 is 21.7 Å². The Balaban J connectivity index is 1.18. The van der Waals surface area contributed by atoms with Crippen molar-refractivity contribution in [2.24, 2.45) is 20.4 Å². The Morgan fingerprint density at radius 1 is 0.380 bits per heavy atom. The van der Waals surface area contributed by atoms with Crippen LogP contribution in [0.25, 0.3) is 0 Å². The molecule has 0 amide bonds. The van der Waals surface area contributed by atoms with E-state index in [-0.39, 0.29) is 23.2 Å². The first-order chi connectivity index (χ1) is 24.6. The maximum atomic E-state index is 8.65. The molecule has 0 aliphatic carbocycles. The third kappa shape index (κ3) is 7.24. The second-order valence-corrected chi connectivity index (χ2v) is 11.1. The Hall–Kier alpha value is -7.08. The molecule has 12 heteroatoms. The molecule has 2 saturated heterocycles. The van der Waals surface area contributed by atoms with Crippen LogP contribution in [0.4, 0.5) is 22.7 Å². The third-order valence-electron chi connectivity index (χ3n) is 7.73. The Labute approximate surface area is 288 Å². The summed E-state index contributed by atoms with van der Waals surface area (Å²) in [6.07, 6.45) is -1.43. The number of hydrogen-bond donors (Lipinski definition) is 6. The van der Waals surface area contributed by atoms with Crippen molar-refractivity contribution in [3.63, 3.8) is 0 Å². The minimum absolute atomic E-state index is 0.114. The van der Waals surface area contributed by atoms with Crippen molar-refractivity contribution in [1.82, 2.24) is 0 Å². The van der Waals surface area contributed by atoms with Crippen molar-refractivity contribution in [2.75, 3.05) is 21.7 Å². The fourth-order valence-corrected chi connectivity index (χ4v) is 5.22. The normalized spacial score (nSPS) is 20.2. The van der Waals surface area contributed by atoms with Crippen molar-refractivity contribution in [3.8, 4) is 0 Å². The summed E-state index contributed by atoms with van der Waals surface area (Å²) in [5, 5.41) is 35.6. The maximum absolute atomic E-state index is 8.65. The molecule has 0 radical (unpaired) electrons. The van der Waals surface area contributed by atoms with Gasteiger partial charge >= 0.3 is 0 Å². The molecule has 0 saturated carbocycles. The molecule has 2 fully saturated rings. The SMILES string of the molecule is N=C1O[C@@H](c2ccc([C@@H]3OC(=N)C(=N/Nc4ccccc4)/C3=N\Nc3ccccc3)cc2)C(=N\Nc2ccccc2)/C1=N/Nc1ccccc1. The summed E-state index contributed by atoms with van der Waals surface area (Å²) in [7, 11) is 0. The highest BCUT2D eigenvalue weighted by atomic mass is 16.5. The number of anilines is 4. The van der Waals surface area contributed by atoms with Gasteiger partial charge in [0.25, 0.3) is 0 Å². The van der Waals surface area contributed by atoms with E-state index in [9.17, 15) is 0 Å². The topological polar surface area (TPSA) is 164 Å². The number of hydrazone groups is 4. The first-order valence-corrected chi connectivity index (χ1v) is 15.8. The van der Waals surface area contributed by atoms with Crippen LogP contribution in [0, 0.1) is 10.8 Å². The van der Waals surface area contributed by atoms with E-state index in [4.69, 9.17) is 20.3 Å². The van der Waals surface area contributed by atoms with Crippen molar-refractivity contribution in [3.05, 3.63) is 157 Å². The maximum Gasteiger partial charge on any atom is 0.237 e. The van der Waals surface area contributed by atoms with Crippen LogP contribution >= 0.6 is 0 Å². The van der Waals surface area contributed by atoms with Crippen molar-refractivity contribution < 1.29 is 9.47 Å². The van der Waals surface area contributed by atoms with Crippen LogP contribution in [-0.4, -0.2) is 34.6 Å². The fraction of sp³-hybridized carbons (Fsp3) is 0.0526. The Morgan fingerprint density at radius 2 is 0.660 bits per heavy atom. The van der Waals surface area contributed by atoms with Crippen LogP contribution in [0.3, 0.4) is 0 Å². The van der Waals surface area contributed by atoms with E-state index < -0.39 is 12.2 Å². The summed E-state index contributed by atoms with van der Waals surface area (Å²) in [5.74, 6) is -0.228. The van der Waals surface area contributed by atoms with E-state index in [1.54, 1.807) is 0 Å². The van der Waals surface area contributed by atoms with Gasteiger partial charge < -0.3 is 9.47 Å². The van der Waals surface area contributed by atoms with E-state index >= 15 is 0 Å². The Kier molecular flexibility index (Phi) is 9.31. The molecule has 0 spiro atoms. The number of hydrogen-bond acceptors (Lipinski definition) is 12. The molecule has 7 rings (SSSR count). The lowest BCUT2D eigenvalue weighted by atomic mass is 9.98. The molecule has 246 valence electrons. The standard InChI is InChI=1S/C38H32N10O2/c39-37-33(47-43-29-17-9-3-10-18-29)31(45-41-27-13-5-1-6-14-27)35(49-37)25-21-23-26(24-22-25)36-32(46-42-28-15-7-2-8-16-28)34(38(40)50-36)48-44-30-19-11-4-12-20-30/h1-24,35-36,39-44H/b39-37?,40-38?,45-31-,46-32+,47-33-,48-34+/t35-,36-/m0/s1. The van der Waals surface area contributed by atoms with Crippen molar-refractivity contribution in [1.29, 1.82) is 10.8 Å². The second kappa shape index (κ2) is 14.8. The molecule has 2 aliphatic rings. The van der Waals surface area contributed by atoms with Crippen molar-refractivity contribution >= 4 is 57.4 Å². The molecule has 2 aliphatic heterocycles. The summed E-state index contributed by atoms with van der Waals surface area (Å²) >= 11 is 0. The highest BCUT2D eigenvalue weighted by Gasteiger charge is 2.39. The molecule has 0 bridgehead atoms. The average Bonchev–Trinajstić information content (AvgIpc) is 3.67. The lowest BCUT2D eigenvalue weighted by Gasteiger charge is -2.14. The largest absolute Gasteiger partial charge is 0.461 e. The molecule has 0 aromatic heterocycles. The smallest absolute Gasteiger partial charge is 0.237 e. The average molecular weight is 661 g/mol. The summed E-state index contributed by atoms with van der Waals surface area (Å²) in [6.45, 7) is 0. The summed E-state index contributed by atoms with van der Waals surface area (Å²) in [4.78, 5) is 0. The van der Waals surface area contributed by atoms with Gasteiger partial charge in [0.2, 0.25) is 11.8 Å². The van der Waals surface area contributed by atoms with Gasteiger partial charge in [0.05, 0.1) is 22.7 Å². The molecule has 2 atom stereocenters. The molecule has 50 heavy (non-hydrogen) atoms. The number of nitrogens with zero attached hydrogens (tertiary/aromatic N) is 4. The number of rotatable bonds is 10. The Morgan fingerprint density at radius 3 is 0.960 bits per heavy atom. The number of para-hydroxylation sites is 4. The minimum Gasteiger partial charge on any atom is -0.461 e. The van der Waals surface area contributed by atoms with Gasteiger partial charge in [0.15, 0.2) is 23.6 Å². The lowest BCUT2D eigenvalue weighted by Crippen LogP contribution is -2.20. The highest BCUT2D eigenvalue weighted by molar-refractivity contribution is 6.70. The van der Waals surface area contributed by atoms with E-state index in [0.717, 1.165) is 33.9 Å². The number of nitrogens with one attached hydrogen (secondary N) is 6. The monoisotopic (exact) mass is 660 g/mol. The van der Waals surface area contributed by atoms with Gasteiger partial charge in [-0.2, -0.15) is 20.4 Å². The van der Waals surface area contributed by atoms with Gasteiger partial charge in [-0.15, -0.1) is 0 Å². The van der Waals surface area contributed by atoms with Gasteiger partial charge in [0.1, 0.15) is 11.4 Å². The fourth-order valence-electron chi connectivity index (χ4n) is 5.22. The summed E-state index contributed by atoms with van der Waals surface area (Å²) < 4.78 is 12.1. The number of ether oxygens (including phenoxy) is 2. The predicted octanol–water partition coefficient (Wildman–Crippen LogP) is 7.66. The van der Waals surface area contributed by atoms with Crippen LogP contribution in [0.1, 0.15) is 23.3 Å². The second-order valence-electron chi connectivity index (χ2n) is 11.1. The first-order valence-electron chi connectivity index (χ1n) is 15.8. The Bertz CT molecular complexity index is 1930. The summed E-state index contributed by atoms with van der Waals surface area (Å²) in [6, 6.07) is 45.5. The molecule has 2 heterocycles. The zero-order valence-electron chi connectivity index (χ0n) is 26.6. The van der Waals surface area contributed by atoms with E-state index in [1.807, 2.05) is 146 Å². The highest BCUT2D eigenvalue weighted by Crippen LogP contribution is 2.32. The lowest BCUT2D eigenvalue weighted by molar-refractivity contribution is 0.271. The molecule has 0 unspecified atom stereocenters. The van der Waals surface area contributed by atoms with E-state index in [1.165, 1.54) is 0 Å². The third-order valence-corrected chi connectivity index (χ3v) is 7.73. The van der Waals surface area contributed by atoms with Crippen LogP contribution in [0.15, 0.2) is 166 Å². The zero-order valence-corrected chi connectivity index (χ0v) is 26.6. The van der Waals surface area contributed by atoms with Crippen LogP contribution in [0.5, 0.6) is 0 Å². The van der Waals surface area contributed by atoms with E-state index in [2.05, 4.69) is 42.1 Å². The van der Waals surface area contributed by atoms with Crippen LogP contribution in [-0.2, 0) is 9.47 Å². The number of benzene rings is 5. The quantitative estimate of drug-likeness (QED) is 0.0843. The molecular weight excluding hydrogens is 628 g/mol.